The lowest BCUT2D eigenvalue weighted by molar-refractivity contribution is -0.206. The number of hydrogen-bond donors (Lipinski definition) is 0. The van der Waals surface area contributed by atoms with E-state index in [1.54, 1.807) is 55.4 Å². The Balaban J connectivity index is 5.49. The number of ether oxygens (including phenoxy) is 4. The molecule has 0 fully saturated rings. The molecule has 0 aliphatic carbocycles. The van der Waals surface area contributed by atoms with Gasteiger partial charge < -0.3 is 18.9 Å². The summed E-state index contributed by atoms with van der Waals surface area (Å²) in [6, 6.07) is 0. The van der Waals surface area contributed by atoms with Crippen molar-refractivity contribution in [2.24, 2.45) is 0 Å². The molecule has 6 nitrogen and oxygen atoms in total. The molecule has 0 aliphatic heterocycles. The van der Waals surface area contributed by atoms with E-state index in [0.717, 1.165) is 0 Å². The summed E-state index contributed by atoms with van der Waals surface area (Å²) < 4.78 is 21.5. The summed E-state index contributed by atoms with van der Waals surface area (Å²) in [6.45, 7) is 14.5. The van der Waals surface area contributed by atoms with E-state index in [1.165, 1.54) is 0 Å². The highest BCUT2D eigenvalue weighted by Gasteiger charge is 2.42. The maximum absolute atomic E-state index is 12.2. The third-order valence-electron chi connectivity index (χ3n) is 2.27. The van der Waals surface area contributed by atoms with E-state index in [4.69, 9.17) is 18.9 Å². The summed E-state index contributed by atoms with van der Waals surface area (Å²) in [4.78, 5) is 24.4. The van der Waals surface area contributed by atoms with Gasteiger partial charge in [-0.1, -0.05) is 0 Å². The zero-order chi connectivity index (χ0) is 17.6. The standard InChI is InChI=1S/C16H30O6/c1-9-19-13(17)11(21-15(3,4)5)12(14(18)20-10-2)22-16(6,7)8/h11-12H,9-10H2,1-8H3/t11-,12-/m1/s1. The molecule has 0 N–H and O–H groups in total. The molecule has 0 unspecified atom stereocenters. The Morgan fingerprint density at radius 2 is 1.00 bits per heavy atom. The van der Waals surface area contributed by atoms with Crippen molar-refractivity contribution in [2.45, 2.75) is 78.8 Å². The van der Waals surface area contributed by atoms with Crippen LogP contribution in [0, 0.1) is 0 Å². The van der Waals surface area contributed by atoms with E-state index < -0.39 is 35.3 Å². The molecule has 0 aromatic carbocycles. The average molecular weight is 318 g/mol. The monoisotopic (exact) mass is 318 g/mol. The predicted octanol–water partition coefficient (Wildman–Crippen LogP) is 2.48. The van der Waals surface area contributed by atoms with Crippen molar-refractivity contribution >= 4 is 11.9 Å². The first kappa shape index (κ1) is 20.9. The van der Waals surface area contributed by atoms with Crippen molar-refractivity contribution in [1.29, 1.82) is 0 Å². The fraction of sp³-hybridized carbons (Fsp3) is 0.875. The van der Waals surface area contributed by atoms with Crippen LogP contribution in [0.4, 0.5) is 0 Å². The van der Waals surface area contributed by atoms with Crippen molar-refractivity contribution in [1.82, 2.24) is 0 Å². The van der Waals surface area contributed by atoms with Gasteiger partial charge in [0.2, 0.25) is 0 Å². The summed E-state index contributed by atoms with van der Waals surface area (Å²) in [6.07, 6.45) is -2.36. The summed E-state index contributed by atoms with van der Waals surface area (Å²) in [5.41, 5.74) is -1.30. The maximum atomic E-state index is 12.2. The van der Waals surface area contributed by atoms with Gasteiger partial charge in [0.15, 0.2) is 12.2 Å². The summed E-state index contributed by atoms with van der Waals surface area (Å²) in [5, 5.41) is 0. The van der Waals surface area contributed by atoms with Gasteiger partial charge in [0.05, 0.1) is 24.4 Å². The van der Waals surface area contributed by atoms with Gasteiger partial charge in [-0.05, 0) is 55.4 Å². The van der Waals surface area contributed by atoms with Crippen LogP contribution in [0.25, 0.3) is 0 Å². The maximum Gasteiger partial charge on any atom is 0.338 e. The minimum atomic E-state index is -1.18. The smallest absolute Gasteiger partial charge is 0.338 e. The van der Waals surface area contributed by atoms with Crippen molar-refractivity contribution in [3.8, 4) is 0 Å². The topological polar surface area (TPSA) is 71.1 Å². The number of esters is 2. The third-order valence-corrected chi connectivity index (χ3v) is 2.27. The lowest BCUT2D eigenvalue weighted by Gasteiger charge is -2.33. The van der Waals surface area contributed by atoms with Gasteiger partial charge in [0.25, 0.3) is 0 Å². The molecule has 6 heteroatoms. The number of rotatable bonds is 7. The van der Waals surface area contributed by atoms with E-state index in [0.29, 0.717) is 0 Å². The summed E-state index contributed by atoms with van der Waals surface area (Å²) >= 11 is 0. The second-order valence-corrected chi connectivity index (χ2v) is 6.81. The predicted molar refractivity (Wildman–Crippen MR) is 82.5 cm³/mol. The lowest BCUT2D eigenvalue weighted by atomic mass is 10.1. The lowest BCUT2D eigenvalue weighted by Crippen LogP contribution is -2.50. The zero-order valence-corrected chi connectivity index (χ0v) is 15.0. The Kier molecular flexibility index (Phi) is 8.04. The molecule has 0 radical (unpaired) electrons. The van der Waals surface area contributed by atoms with Crippen LogP contribution in [0.1, 0.15) is 55.4 Å². The molecule has 0 saturated carbocycles. The molecule has 0 amide bonds. The fourth-order valence-corrected chi connectivity index (χ4v) is 1.68. The molecule has 130 valence electrons. The molecule has 22 heavy (non-hydrogen) atoms. The van der Waals surface area contributed by atoms with E-state index >= 15 is 0 Å². The summed E-state index contributed by atoms with van der Waals surface area (Å²) in [7, 11) is 0. The molecular formula is C16H30O6. The average Bonchev–Trinajstić information content (AvgIpc) is 2.31. The van der Waals surface area contributed by atoms with E-state index in [-0.39, 0.29) is 13.2 Å². The van der Waals surface area contributed by atoms with Gasteiger partial charge in [-0.3, -0.25) is 0 Å². The third kappa shape index (κ3) is 8.34. The van der Waals surface area contributed by atoms with Crippen LogP contribution in [-0.4, -0.2) is 48.6 Å². The molecule has 0 heterocycles. The minimum absolute atomic E-state index is 0.188. The Bertz CT molecular complexity index is 328. The molecule has 2 atom stereocenters. The number of carbonyl (C=O) groups excluding carboxylic acids is 2. The first-order valence-electron chi connectivity index (χ1n) is 7.60. The molecule has 0 bridgehead atoms. The van der Waals surface area contributed by atoms with Crippen LogP contribution in [-0.2, 0) is 28.5 Å². The first-order chi connectivity index (χ1) is 9.91. The van der Waals surface area contributed by atoms with Crippen LogP contribution in [0.2, 0.25) is 0 Å². The van der Waals surface area contributed by atoms with Crippen LogP contribution >= 0.6 is 0 Å². The highest BCUT2D eigenvalue weighted by atomic mass is 16.6. The quantitative estimate of drug-likeness (QED) is 0.672. The molecule has 0 saturated heterocycles. The molecular weight excluding hydrogens is 288 g/mol. The largest absolute Gasteiger partial charge is 0.464 e. The van der Waals surface area contributed by atoms with Crippen molar-refractivity contribution in [3.05, 3.63) is 0 Å². The highest BCUT2D eigenvalue weighted by molar-refractivity contribution is 5.85. The molecule has 0 aromatic rings. The highest BCUT2D eigenvalue weighted by Crippen LogP contribution is 2.22. The van der Waals surface area contributed by atoms with E-state index in [9.17, 15) is 9.59 Å². The number of carbonyl (C=O) groups is 2. The fourth-order valence-electron chi connectivity index (χ4n) is 1.68. The van der Waals surface area contributed by atoms with Crippen LogP contribution in [0.5, 0.6) is 0 Å². The van der Waals surface area contributed by atoms with E-state index in [2.05, 4.69) is 0 Å². The van der Waals surface area contributed by atoms with Crippen molar-refractivity contribution in [2.75, 3.05) is 13.2 Å². The van der Waals surface area contributed by atoms with Crippen LogP contribution in [0.3, 0.4) is 0 Å². The number of hydrogen-bond acceptors (Lipinski definition) is 6. The molecule has 0 spiro atoms. The molecule has 0 aromatic heterocycles. The van der Waals surface area contributed by atoms with Gasteiger partial charge in [-0.25, -0.2) is 9.59 Å². The SMILES string of the molecule is CCOC(=O)[C@H](OC(C)(C)C)[C@@H](OC(C)(C)C)C(=O)OCC. The Morgan fingerprint density at radius 3 is 1.18 bits per heavy atom. The Morgan fingerprint density at radius 1 is 0.727 bits per heavy atom. The second kappa shape index (κ2) is 8.48. The van der Waals surface area contributed by atoms with Gasteiger partial charge in [-0.2, -0.15) is 0 Å². The van der Waals surface area contributed by atoms with Gasteiger partial charge in [-0.15, -0.1) is 0 Å². The second-order valence-electron chi connectivity index (χ2n) is 6.81. The van der Waals surface area contributed by atoms with Crippen LogP contribution in [0.15, 0.2) is 0 Å². The molecule has 0 aliphatic rings. The normalized spacial score (nSPS) is 15.1. The molecule has 0 rings (SSSR count). The van der Waals surface area contributed by atoms with Crippen molar-refractivity contribution < 1.29 is 28.5 Å². The minimum Gasteiger partial charge on any atom is -0.464 e. The zero-order valence-electron chi connectivity index (χ0n) is 15.0. The van der Waals surface area contributed by atoms with E-state index in [1.807, 2.05) is 0 Å². The Hall–Kier alpha value is -1.14. The Labute approximate surface area is 133 Å². The summed E-state index contributed by atoms with van der Waals surface area (Å²) in [5.74, 6) is -1.28. The van der Waals surface area contributed by atoms with Gasteiger partial charge in [0.1, 0.15) is 0 Å². The van der Waals surface area contributed by atoms with Gasteiger partial charge in [0, 0.05) is 0 Å². The van der Waals surface area contributed by atoms with Crippen molar-refractivity contribution in [3.63, 3.8) is 0 Å². The van der Waals surface area contributed by atoms with Gasteiger partial charge >= 0.3 is 11.9 Å². The van der Waals surface area contributed by atoms with Crippen LogP contribution < -0.4 is 0 Å². The first-order valence-corrected chi connectivity index (χ1v) is 7.60.